The monoisotopic (exact) mass is 204 g/mol. The highest BCUT2D eigenvalue weighted by Gasteiger charge is 2.14. The van der Waals surface area contributed by atoms with Gasteiger partial charge in [-0.05, 0) is 12.8 Å². The lowest BCUT2D eigenvalue weighted by Crippen LogP contribution is -2.34. The van der Waals surface area contributed by atoms with Gasteiger partial charge in [0.25, 0.3) is 0 Å². The van der Waals surface area contributed by atoms with Crippen LogP contribution in [-0.2, 0) is 10.0 Å². The van der Waals surface area contributed by atoms with Crippen molar-refractivity contribution in [1.82, 2.24) is 4.72 Å². The van der Waals surface area contributed by atoms with E-state index in [1.54, 1.807) is 6.92 Å². The van der Waals surface area contributed by atoms with Gasteiger partial charge < -0.3 is 0 Å². The molecule has 0 aliphatic heterocycles. The molecule has 0 aliphatic rings. The van der Waals surface area contributed by atoms with Gasteiger partial charge in [0.15, 0.2) is 0 Å². The van der Waals surface area contributed by atoms with E-state index < -0.39 is 16.1 Å². The summed E-state index contributed by atoms with van der Waals surface area (Å²) in [6, 6.07) is 1.31. The summed E-state index contributed by atoms with van der Waals surface area (Å²) in [4.78, 5) is 0. The van der Waals surface area contributed by atoms with E-state index in [0.29, 0.717) is 12.8 Å². The average Bonchev–Trinajstić information content (AvgIpc) is 2.11. The molecule has 1 unspecified atom stereocenters. The highest BCUT2D eigenvalue weighted by atomic mass is 32.2. The van der Waals surface area contributed by atoms with Gasteiger partial charge in [-0.25, -0.2) is 8.42 Å². The molecule has 0 saturated carbocycles. The Labute approximate surface area is 80.0 Å². The van der Waals surface area contributed by atoms with Crippen LogP contribution in [0.15, 0.2) is 0 Å². The van der Waals surface area contributed by atoms with Crippen molar-refractivity contribution < 1.29 is 8.42 Å². The third kappa shape index (κ3) is 5.61. The molecule has 5 heteroatoms. The summed E-state index contributed by atoms with van der Waals surface area (Å²) >= 11 is 0. The van der Waals surface area contributed by atoms with Crippen molar-refractivity contribution in [3.63, 3.8) is 0 Å². The molecule has 0 aromatic carbocycles. The van der Waals surface area contributed by atoms with E-state index in [2.05, 4.69) is 4.72 Å². The molecule has 1 atom stereocenters. The number of hydrogen-bond acceptors (Lipinski definition) is 3. The van der Waals surface area contributed by atoms with Crippen molar-refractivity contribution in [1.29, 1.82) is 5.26 Å². The Kier molecular flexibility index (Phi) is 5.67. The third-order valence-electron chi connectivity index (χ3n) is 1.65. The third-order valence-corrected chi connectivity index (χ3v) is 3.12. The second-order valence-electron chi connectivity index (χ2n) is 2.88. The molecular weight excluding hydrogens is 188 g/mol. The largest absolute Gasteiger partial charge is 0.212 e. The zero-order valence-electron chi connectivity index (χ0n) is 8.08. The fourth-order valence-corrected chi connectivity index (χ4v) is 2.25. The van der Waals surface area contributed by atoms with Gasteiger partial charge in [0.05, 0.1) is 11.8 Å². The van der Waals surface area contributed by atoms with Gasteiger partial charge in [-0.2, -0.15) is 9.98 Å². The van der Waals surface area contributed by atoms with E-state index in [9.17, 15) is 8.42 Å². The molecule has 0 amide bonds. The summed E-state index contributed by atoms with van der Waals surface area (Å²) in [6.07, 6.45) is 1.98. The maximum atomic E-state index is 11.3. The minimum atomic E-state index is -3.24. The number of rotatable bonds is 6. The number of nitrogens with one attached hydrogen (secondary N) is 1. The molecule has 1 N–H and O–H groups in total. The van der Waals surface area contributed by atoms with Crippen LogP contribution in [0, 0.1) is 11.3 Å². The molecule has 4 nitrogen and oxygen atoms in total. The number of nitrogens with zero attached hydrogens (tertiary/aromatic N) is 1. The quantitative estimate of drug-likeness (QED) is 0.702. The summed E-state index contributed by atoms with van der Waals surface area (Å²) < 4.78 is 24.8. The normalized spacial score (nSPS) is 13.6. The van der Waals surface area contributed by atoms with Crippen LogP contribution in [0.5, 0.6) is 0 Å². The molecule has 0 aromatic heterocycles. The van der Waals surface area contributed by atoms with Gasteiger partial charge in [-0.3, -0.25) is 0 Å². The molecule has 0 saturated heterocycles. The van der Waals surface area contributed by atoms with Crippen molar-refractivity contribution in [2.75, 3.05) is 5.75 Å². The molecule has 0 aliphatic carbocycles. The van der Waals surface area contributed by atoms with Crippen molar-refractivity contribution in [2.45, 2.75) is 39.2 Å². The molecule has 76 valence electrons. The number of hydrogen-bond donors (Lipinski definition) is 1. The van der Waals surface area contributed by atoms with E-state index in [1.165, 1.54) is 0 Å². The van der Waals surface area contributed by atoms with Gasteiger partial charge in [-0.1, -0.05) is 20.3 Å². The van der Waals surface area contributed by atoms with Crippen LogP contribution >= 0.6 is 0 Å². The lowest BCUT2D eigenvalue weighted by molar-refractivity contribution is 0.566. The standard InChI is InChI=1S/C8H16N2O2S/c1-3-5-6-13(11,12)10-8(4-2)7-9/h8,10H,3-6H2,1-2H3. The number of sulfonamides is 1. The second kappa shape index (κ2) is 5.95. The fraction of sp³-hybridized carbons (Fsp3) is 0.875. The van der Waals surface area contributed by atoms with E-state index >= 15 is 0 Å². The number of unbranched alkanes of at least 4 members (excludes halogenated alkanes) is 1. The minimum Gasteiger partial charge on any atom is -0.212 e. The molecule has 0 rings (SSSR count). The van der Waals surface area contributed by atoms with Gasteiger partial charge in [0, 0.05) is 0 Å². The Bertz CT molecular complexity index is 266. The van der Waals surface area contributed by atoms with E-state index in [4.69, 9.17) is 5.26 Å². The van der Waals surface area contributed by atoms with Crippen LogP contribution in [0.2, 0.25) is 0 Å². The Morgan fingerprint density at radius 2 is 2.08 bits per heavy atom. The predicted octanol–water partition coefficient (Wildman–Crippen LogP) is 1.01. The van der Waals surface area contributed by atoms with Gasteiger partial charge in [0.1, 0.15) is 6.04 Å². The van der Waals surface area contributed by atoms with Crippen molar-refractivity contribution in [2.24, 2.45) is 0 Å². The molecule has 0 radical (unpaired) electrons. The van der Waals surface area contributed by atoms with Gasteiger partial charge in [0.2, 0.25) is 10.0 Å². The topological polar surface area (TPSA) is 70.0 Å². The Balaban J connectivity index is 4.10. The maximum Gasteiger partial charge on any atom is 0.212 e. The van der Waals surface area contributed by atoms with Gasteiger partial charge >= 0.3 is 0 Å². The molecule has 0 bridgehead atoms. The lowest BCUT2D eigenvalue weighted by Gasteiger charge is -2.08. The first kappa shape index (κ1) is 12.4. The SMILES string of the molecule is CCCCS(=O)(=O)NC(C#N)CC. The van der Waals surface area contributed by atoms with Gasteiger partial charge in [-0.15, -0.1) is 0 Å². The molecule has 0 aromatic rings. The molecule has 0 fully saturated rings. The Hall–Kier alpha value is -0.600. The van der Waals surface area contributed by atoms with Crippen LogP contribution in [0.25, 0.3) is 0 Å². The first-order valence-electron chi connectivity index (χ1n) is 4.45. The summed E-state index contributed by atoms with van der Waals surface area (Å²) in [5.74, 6) is 0.113. The average molecular weight is 204 g/mol. The van der Waals surface area contributed by atoms with Crippen molar-refractivity contribution in [3.8, 4) is 6.07 Å². The van der Waals surface area contributed by atoms with E-state index in [-0.39, 0.29) is 5.75 Å². The number of nitriles is 1. The molecular formula is C8H16N2O2S. The second-order valence-corrected chi connectivity index (χ2v) is 4.75. The summed E-state index contributed by atoms with van der Waals surface area (Å²) in [6.45, 7) is 3.70. The highest BCUT2D eigenvalue weighted by molar-refractivity contribution is 7.89. The van der Waals surface area contributed by atoms with Crippen molar-refractivity contribution >= 4 is 10.0 Å². The highest BCUT2D eigenvalue weighted by Crippen LogP contribution is 1.97. The molecule has 0 spiro atoms. The van der Waals surface area contributed by atoms with Crippen LogP contribution < -0.4 is 4.72 Å². The summed E-state index contributed by atoms with van der Waals surface area (Å²) in [7, 11) is -3.24. The van der Waals surface area contributed by atoms with Crippen LogP contribution in [0.3, 0.4) is 0 Å². The Morgan fingerprint density at radius 1 is 1.46 bits per heavy atom. The molecule has 13 heavy (non-hydrogen) atoms. The van der Waals surface area contributed by atoms with Crippen LogP contribution in [-0.4, -0.2) is 20.2 Å². The molecule has 0 heterocycles. The van der Waals surface area contributed by atoms with E-state index in [0.717, 1.165) is 6.42 Å². The maximum absolute atomic E-state index is 11.3. The summed E-state index contributed by atoms with van der Waals surface area (Å²) in [5.41, 5.74) is 0. The fourth-order valence-electron chi connectivity index (χ4n) is 0.811. The zero-order chi connectivity index (χ0) is 10.3. The van der Waals surface area contributed by atoms with E-state index in [1.807, 2.05) is 13.0 Å². The van der Waals surface area contributed by atoms with Crippen LogP contribution in [0.4, 0.5) is 0 Å². The minimum absolute atomic E-state index is 0.113. The first-order valence-corrected chi connectivity index (χ1v) is 6.10. The zero-order valence-corrected chi connectivity index (χ0v) is 8.89. The predicted molar refractivity (Wildman–Crippen MR) is 51.5 cm³/mol. The lowest BCUT2D eigenvalue weighted by atomic mass is 10.3. The van der Waals surface area contributed by atoms with Crippen molar-refractivity contribution in [3.05, 3.63) is 0 Å². The Morgan fingerprint density at radius 3 is 2.46 bits per heavy atom. The summed E-state index contributed by atoms with van der Waals surface area (Å²) in [5, 5.41) is 8.54. The first-order chi connectivity index (χ1) is 6.05. The van der Waals surface area contributed by atoms with Crippen LogP contribution in [0.1, 0.15) is 33.1 Å². The smallest absolute Gasteiger partial charge is 0.212 e.